The summed E-state index contributed by atoms with van der Waals surface area (Å²) in [7, 11) is 2.13. The molecule has 161 valence electrons. The van der Waals surface area contributed by atoms with Crippen molar-refractivity contribution >= 4 is 62.4 Å². The molecule has 0 N–H and O–H groups in total. The highest BCUT2D eigenvalue weighted by Gasteiger charge is 2.33. The van der Waals surface area contributed by atoms with Gasteiger partial charge in [0, 0.05) is 27.7 Å². The molecule has 1 aromatic heterocycles. The van der Waals surface area contributed by atoms with Gasteiger partial charge in [-0.2, -0.15) is 0 Å². The van der Waals surface area contributed by atoms with E-state index < -0.39 is 0 Å². The number of benzene rings is 5. The molecule has 2 heterocycles. The van der Waals surface area contributed by atoms with E-state index in [1.807, 2.05) is 0 Å². The van der Waals surface area contributed by atoms with Crippen molar-refractivity contribution in [2.24, 2.45) is 0 Å². The fourth-order valence-corrected chi connectivity index (χ4v) is 6.00. The molecule has 0 bridgehead atoms. The van der Waals surface area contributed by atoms with Crippen molar-refractivity contribution in [3.8, 4) is 0 Å². The topological polar surface area (TPSA) is 16.4 Å². The molecule has 0 fully saturated rings. The van der Waals surface area contributed by atoms with Crippen molar-refractivity contribution in [2.75, 3.05) is 4.90 Å². The molecule has 0 amide bonds. The van der Waals surface area contributed by atoms with Crippen molar-refractivity contribution < 1.29 is 4.42 Å². The second kappa shape index (κ2) is 7.01. The lowest BCUT2D eigenvalue weighted by atomic mass is 9.71. The van der Waals surface area contributed by atoms with E-state index in [1.54, 1.807) is 0 Å². The Hall–Kier alpha value is -3.98. The average Bonchev–Trinajstić information content (AvgIpc) is 3.24. The van der Waals surface area contributed by atoms with Crippen LogP contribution in [-0.4, -0.2) is 7.28 Å². The zero-order valence-corrected chi connectivity index (χ0v) is 19.3. The average molecular weight is 436 g/mol. The summed E-state index contributed by atoms with van der Waals surface area (Å²) >= 11 is 0. The van der Waals surface area contributed by atoms with Gasteiger partial charge < -0.3 is 9.32 Å². The summed E-state index contributed by atoms with van der Waals surface area (Å²) in [6, 6.07) is 30.3. The van der Waals surface area contributed by atoms with Crippen molar-refractivity contribution in [2.45, 2.75) is 19.8 Å². The van der Waals surface area contributed by atoms with Crippen LogP contribution in [0.2, 0.25) is 6.82 Å². The molecule has 2 nitrogen and oxygen atoms in total. The summed E-state index contributed by atoms with van der Waals surface area (Å²) in [6.07, 6.45) is 0. The Labute approximate surface area is 199 Å². The monoisotopic (exact) mass is 436 g/mol. The molecular weight excluding hydrogens is 413 g/mol. The number of nitrogens with zero attached hydrogens (tertiary/aromatic N) is 1. The van der Waals surface area contributed by atoms with Gasteiger partial charge in [-0.15, -0.1) is 0 Å². The summed E-state index contributed by atoms with van der Waals surface area (Å²) in [5.41, 5.74) is 10.2. The number of anilines is 2. The fraction of sp³-hybridized carbons (Fsp3) is 0.0968. The summed E-state index contributed by atoms with van der Waals surface area (Å²) in [5.74, 6) is 0. The number of hydrogen-bond acceptors (Lipinski definition) is 2. The molecule has 7 rings (SSSR count). The third-order valence-corrected chi connectivity index (χ3v) is 7.45. The van der Waals surface area contributed by atoms with E-state index in [2.05, 4.69) is 111 Å². The van der Waals surface area contributed by atoms with Gasteiger partial charge in [-0.3, -0.25) is 0 Å². The molecule has 1 aliphatic rings. The van der Waals surface area contributed by atoms with Crippen LogP contribution in [-0.2, 0) is 0 Å². The van der Waals surface area contributed by atoms with E-state index in [9.17, 15) is 0 Å². The molecule has 0 saturated heterocycles. The second-order valence-electron chi connectivity index (χ2n) is 9.14. The SMILES string of the molecule is C=C1c2ccccc2N(c2ccccc2)C(C)c2c1c1ccc([B]C)c3oc4cccc2c4c13. The van der Waals surface area contributed by atoms with Gasteiger partial charge >= 0.3 is 0 Å². The van der Waals surface area contributed by atoms with Crippen LogP contribution in [0.15, 0.2) is 95.9 Å². The number of rotatable bonds is 2. The van der Waals surface area contributed by atoms with Crippen LogP contribution in [0.4, 0.5) is 11.4 Å². The fourth-order valence-electron chi connectivity index (χ4n) is 6.00. The van der Waals surface area contributed by atoms with Crippen LogP contribution in [0.1, 0.15) is 29.7 Å². The first-order valence-electron chi connectivity index (χ1n) is 11.8. The standard InChI is InChI=1S/C31H23BNO/c1-18-21-12-7-8-14-25(21)33(20-10-5-4-6-11-20)19(2)28-22-13-9-15-26-29(22)30-23(27(18)28)16-17-24(32-3)31(30)34-26/h4-17,19H,1H2,2-3H3. The third kappa shape index (κ3) is 2.42. The van der Waals surface area contributed by atoms with Gasteiger partial charge in [-0.1, -0.05) is 74.1 Å². The zero-order valence-electron chi connectivity index (χ0n) is 19.3. The predicted octanol–water partition coefficient (Wildman–Crippen LogP) is 7.83. The first kappa shape index (κ1) is 19.5. The van der Waals surface area contributed by atoms with Crippen LogP contribution in [0.25, 0.3) is 38.3 Å². The van der Waals surface area contributed by atoms with E-state index in [4.69, 9.17) is 11.0 Å². The van der Waals surface area contributed by atoms with Gasteiger partial charge in [0.15, 0.2) is 7.28 Å². The van der Waals surface area contributed by atoms with E-state index in [0.717, 1.165) is 22.2 Å². The first-order valence-corrected chi connectivity index (χ1v) is 11.8. The highest BCUT2D eigenvalue weighted by atomic mass is 16.3. The minimum atomic E-state index is 0.0962. The number of hydrogen-bond donors (Lipinski definition) is 0. The van der Waals surface area contributed by atoms with Gasteiger partial charge in [-0.25, -0.2) is 0 Å². The molecule has 3 heteroatoms. The maximum Gasteiger partial charge on any atom is 0.153 e. The third-order valence-electron chi connectivity index (χ3n) is 7.45. The minimum Gasteiger partial charge on any atom is -0.457 e. The quantitative estimate of drug-likeness (QED) is 0.203. The Morgan fingerprint density at radius 1 is 0.824 bits per heavy atom. The van der Waals surface area contributed by atoms with Crippen molar-refractivity contribution in [3.05, 3.63) is 108 Å². The number of fused-ring (bicyclic) bond motifs is 4. The lowest BCUT2D eigenvalue weighted by Gasteiger charge is -2.32. The molecule has 1 aliphatic heterocycles. The van der Waals surface area contributed by atoms with Gasteiger partial charge in [0.1, 0.15) is 11.2 Å². The van der Waals surface area contributed by atoms with Crippen molar-refractivity contribution in [1.29, 1.82) is 0 Å². The van der Waals surface area contributed by atoms with Crippen molar-refractivity contribution in [3.63, 3.8) is 0 Å². The summed E-state index contributed by atoms with van der Waals surface area (Å²) < 4.78 is 6.46. The Kier molecular flexibility index (Phi) is 4.02. The van der Waals surface area contributed by atoms with Gasteiger partial charge in [0.2, 0.25) is 0 Å². The molecule has 34 heavy (non-hydrogen) atoms. The lowest BCUT2D eigenvalue weighted by molar-refractivity contribution is 0.672. The highest BCUT2D eigenvalue weighted by molar-refractivity contribution is 6.56. The largest absolute Gasteiger partial charge is 0.457 e. The molecule has 1 radical (unpaired) electrons. The molecule has 0 aliphatic carbocycles. The highest BCUT2D eigenvalue weighted by Crippen LogP contribution is 2.52. The Balaban J connectivity index is 1.69. The normalized spacial score (nSPS) is 15.6. The number of furan rings is 1. The van der Waals surface area contributed by atoms with Gasteiger partial charge in [-0.05, 0) is 64.1 Å². The molecule has 5 aromatic carbocycles. The molecular formula is C31H23BNO. The van der Waals surface area contributed by atoms with E-state index >= 15 is 0 Å². The summed E-state index contributed by atoms with van der Waals surface area (Å²) in [5, 5.41) is 4.89. The van der Waals surface area contributed by atoms with Gasteiger partial charge in [0.05, 0.1) is 6.04 Å². The second-order valence-corrected chi connectivity index (χ2v) is 9.14. The molecule has 0 spiro atoms. The van der Waals surface area contributed by atoms with E-state index in [1.165, 1.54) is 49.6 Å². The summed E-state index contributed by atoms with van der Waals surface area (Å²) in [6.45, 7) is 9.07. The van der Waals surface area contributed by atoms with E-state index in [0.29, 0.717) is 0 Å². The predicted molar refractivity (Wildman–Crippen MR) is 145 cm³/mol. The minimum absolute atomic E-state index is 0.0962. The molecule has 6 aromatic rings. The lowest BCUT2D eigenvalue weighted by Crippen LogP contribution is -2.21. The van der Waals surface area contributed by atoms with E-state index in [-0.39, 0.29) is 6.04 Å². The molecule has 0 saturated carbocycles. The first-order chi connectivity index (χ1) is 16.7. The molecule has 1 atom stereocenters. The molecule has 1 unspecified atom stereocenters. The van der Waals surface area contributed by atoms with Crippen LogP contribution in [0.3, 0.4) is 0 Å². The maximum absolute atomic E-state index is 6.46. The Morgan fingerprint density at radius 2 is 1.62 bits per heavy atom. The Morgan fingerprint density at radius 3 is 2.44 bits per heavy atom. The zero-order chi connectivity index (χ0) is 23.0. The maximum atomic E-state index is 6.46. The Bertz CT molecular complexity index is 1730. The van der Waals surface area contributed by atoms with Crippen LogP contribution in [0, 0.1) is 0 Å². The van der Waals surface area contributed by atoms with Crippen molar-refractivity contribution in [1.82, 2.24) is 0 Å². The smallest absolute Gasteiger partial charge is 0.153 e. The number of para-hydroxylation sites is 2. The summed E-state index contributed by atoms with van der Waals surface area (Å²) in [4.78, 5) is 2.46. The van der Waals surface area contributed by atoms with Gasteiger partial charge in [0.25, 0.3) is 0 Å². The van der Waals surface area contributed by atoms with Crippen LogP contribution < -0.4 is 10.4 Å². The van der Waals surface area contributed by atoms with Crippen LogP contribution in [0.5, 0.6) is 0 Å². The van der Waals surface area contributed by atoms with Crippen LogP contribution >= 0.6 is 0 Å².